The molecule has 0 radical (unpaired) electrons. The minimum atomic E-state index is 0.438. The second kappa shape index (κ2) is 5.53. The van der Waals surface area contributed by atoms with E-state index in [0.29, 0.717) is 5.92 Å². The van der Waals surface area contributed by atoms with E-state index in [1.165, 1.54) is 5.56 Å². The van der Waals surface area contributed by atoms with Crippen molar-refractivity contribution < 1.29 is 4.52 Å². The van der Waals surface area contributed by atoms with Crippen molar-refractivity contribution in [2.45, 2.75) is 32.2 Å². The highest BCUT2D eigenvalue weighted by atomic mass is 16.5. The van der Waals surface area contributed by atoms with Gasteiger partial charge in [0.05, 0.1) is 0 Å². The summed E-state index contributed by atoms with van der Waals surface area (Å²) in [5, 5.41) is 3.88. The number of aryl methyl sites for hydroxylation is 1. The number of rotatable bonds is 3. The lowest BCUT2D eigenvalue weighted by Gasteiger charge is -2.30. The second-order valence-electron chi connectivity index (χ2n) is 5.22. The lowest BCUT2D eigenvalue weighted by Crippen LogP contribution is -2.32. The van der Waals surface area contributed by atoms with Crippen LogP contribution in [0.15, 0.2) is 34.9 Å². The lowest BCUT2D eigenvalue weighted by molar-refractivity contribution is 0.187. The van der Waals surface area contributed by atoms with E-state index >= 15 is 0 Å². The van der Waals surface area contributed by atoms with Crippen molar-refractivity contribution in [1.82, 2.24) is 15.0 Å². The molecule has 4 heteroatoms. The zero-order valence-electron chi connectivity index (χ0n) is 11.2. The Hall–Kier alpha value is -1.68. The zero-order valence-corrected chi connectivity index (χ0v) is 11.2. The van der Waals surface area contributed by atoms with Gasteiger partial charge in [-0.2, -0.15) is 4.98 Å². The third kappa shape index (κ3) is 3.01. The van der Waals surface area contributed by atoms with E-state index in [2.05, 4.69) is 45.4 Å². The highest BCUT2D eigenvalue weighted by molar-refractivity contribution is 5.14. The van der Waals surface area contributed by atoms with Gasteiger partial charge in [-0.15, -0.1) is 0 Å². The second-order valence-corrected chi connectivity index (χ2v) is 5.22. The van der Waals surface area contributed by atoms with Gasteiger partial charge in [0, 0.05) is 12.5 Å². The number of hydrogen-bond acceptors (Lipinski definition) is 4. The fourth-order valence-electron chi connectivity index (χ4n) is 2.66. The molecule has 1 aromatic heterocycles. The first-order chi connectivity index (χ1) is 9.31. The minimum absolute atomic E-state index is 0.438. The normalized spacial score (nSPS) is 17.7. The Bertz CT molecular complexity index is 515. The van der Waals surface area contributed by atoms with Crippen LogP contribution < -0.4 is 0 Å². The molecule has 2 aromatic rings. The molecule has 0 unspecified atom stereocenters. The maximum Gasteiger partial charge on any atom is 0.229 e. The molecule has 3 rings (SSSR count). The van der Waals surface area contributed by atoms with E-state index in [4.69, 9.17) is 4.52 Å². The van der Waals surface area contributed by atoms with Crippen LogP contribution in [-0.2, 0) is 6.54 Å². The summed E-state index contributed by atoms with van der Waals surface area (Å²) in [6, 6.07) is 10.6. The maximum absolute atomic E-state index is 5.28. The molecule has 19 heavy (non-hydrogen) atoms. The topological polar surface area (TPSA) is 42.2 Å². The largest absolute Gasteiger partial charge is 0.339 e. The van der Waals surface area contributed by atoms with Crippen LogP contribution in [0.25, 0.3) is 0 Å². The standard InChI is InChI=1S/C15H19N3O/c1-12-16-15(19-17-12)14-7-9-18(10-8-14)11-13-5-3-2-4-6-13/h2-6,14H,7-11H2,1H3. The van der Waals surface area contributed by atoms with Crippen LogP contribution in [0.1, 0.15) is 36.0 Å². The first kappa shape index (κ1) is 12.4. The van der Waals surface area contributed by atoms with Crippen LogP contribution in [0.2, 0.25) is 0 Å². The van der Waals surface area contributed by atoms with E-state index < -0.39 is 0 Å². The summed E-state index contributed by atoms with van der Waals surface area (Å²) in [6.45, 7) is 5.11. The highest BCUT2D eigenvalue weighted by Gasteiger charge is 2.24. The molecule has 0 aliphatic carbocycles. The van der Waals surface area contributed by atoms with Crippen molar-refractivity contribution >= 4 is 0 Å². The summed E-state index contributed by atoms with van der Waals surface area (Å²) in [7, 11) is 0. The van der Waals surface area contributed by atoms with Crippen LogP contribution in [-0.4, -0.2) is 28.1 Å². The van der Waals surface area contributed by atoms with Gasteiger partial charge >= 0.3 is 0 Å². The average molecular weight is 257 g/mol. The van der Waals surface area contributed by atoms with Crippen LogP contribution in [0, 0.1) is 6.92 Å². The minimum Gasteiger partial charge on any atom is -0.339 e. The number of likely N-dealkylation sites (tertiary alicyclic amines) is 1. The highest BCUT2D eigenvalue weighted by Crippen LogP contribution is 2.27. The monoisotopic (exact) mass is 257 g/mol. The van der Waals surface area contributed by atoms with Crippen molar-refractivity contribution in [3.63, 3.8) is 0 Å². The van der Waals surface area contributed by atoms with Crippen molar-refractivity contribution in [3.05, 3.63) is 47.6 Å². The molecule has 2 heterocycles. The van der Waals surface area contributed by atoms with E-state index in [1.807, 2.05) is 6.92 Å². The lowest BCUT2D eigenvalue weighted by atomic mass is 9.96. The molecule has 0 saturated carbocycles. The summed E-state index contributed by atoms with van der Waals surface area (Å²) in [4.78, 5) is 6.84. The van der Waals surface area contributed by atoms with Gasteiger partial charge in [-0.1, -0.05) is 35.5 Å². The predicted molar refractivity (Wildman–Crippen MR) is 72.7 cm³/mol. The molecule has 0 spiro atoms. The van der Waals surface area contributed by atoms with Gasteiger partial charge in [0.15, 0.2) is 5.82 Å². The van der Waals surface area contributed by atoms with Gasteiger partial charge < -0.3 is 4.52 Å². The van der Waals surface area contributed by atoms with Crippen LogP contribution in [0.3, 0.4) is 0 Å². The SMILES string of the molecule is Cc1noc(C2CCN(Cc3ccccc3)CC2)n1. The fourth-order valence-corrected chi connectivity index (χ4v) is 2.66. The van der Waals surface area contributed by atoms with Crippen LogP contribution in [0.5, 0.6) is 0 Å². The van der Waals surface area contributed by atoms with E-state index in [1.54, 1.807) is 0 Å². The smallest absolute Gasteiger partial charge is 0.229 e. The van der Waals surface area contributed by atoms with E-state index in [9.17, 15) is 0 Å². The molecular weight excluding hydrogens is 238 g/mol. The fraction of sp³-hybridized carbons (Fsp3) is 0.467. The van der Waals surface area contributed by atoms with Crippen molar-refractivity contribution in [2.75, 3.05) is 13.1 Å². The zero-order chi connectivity index (χ0) is 13.1. The van der Waals surface area contributed by atoms with Gasteiger partial charge in [-0.3, -0.25) is 4.90 Å². The van der Waals surface area contributed by atoms with Crippen LogP contribution >= 0.6 is 0 Å². The van der Waals surface area contributed by atoms with E-state index in [-0.39, 0.29) is 0 Å². The first-order valence-corrected chi connectivity index (χ1v) is 6.88. The molecule has 4 nitrogen and oxygen atoms in total. The summed E-state index contributed by atoms with van der Waals surface area (Å²) in [5.41, 5.74) is 1.38. The molecule has 0 amide bonds. The number of nitrogens with zero attached hydrogens (tertiary/aromatic N) is 3. The Labute approximate surface area is 113 Å². The third-order valence-corrected chi connectivity index (χ3v) is 3.73. The van der Waals surface area contributed by atoms with E-state index in [0.717, 1.165) is 44.2 Å². The van der Waals surface area contributed by atoms with Gasteiger partial charge in [-0.25, -0.2) is 0 Å². The molecule has 0 atom stereocenters. The van der Waals surface area contributed by atoms with Gasteiger partial charge in [0.25, 0.3) is 0 Å². The molecule has 1 fully saturated rings. The summed E-state index contributed by atoms with van der Waals surface area (Å²) in [5.74, 6) is 1.99. The number of hydrogen-bond donors (Lipinski definition) is 0. The Kier molecular flexibility index (Phi) is 3.60. The van der Waals surface area contributed by atoms with Gasteiger partial charge in [0.1, 0.15) is 0 Å². The van der Waals surface area contributed by atoms with Crippen molar-refractivity contribution in [3.8, 4) is 0 Å². The molecule has 1 aliphatic heterocycles. The van der Waals surface area contributed by atoms with Crippen molar-refractivity contribution in [2.24, 2.45) is 0 Å². The Morgan fingerprint density at radius 3 is 2.58 bits per heavy atom. The first-order valence-electron chi connectivity index (χ1n) is 6.88. The number of aromatic nitrogens is 2. The maximum atomic E-state index is 5.28. The number of benzene rings is 1. The average Bonchev–Trinajstić information content (AvgIpc) is 2.87. The summed E-state index contributed by atoms with van der Waals surface area (Å²) in [6.07, 6.45) is 2.21. The molecule has 0 N–H and O–H groups in total. The van der Waals surface area contributed by atoms with Gasteiger partial charge in [-0.05, 0) is 38.4 Å². The molecular formula is C15H19N3O. The number of piperidine rings is 1. The predicted octanol–water partition coefficient (Wildman–Crippen LogP) is 2.76. The molecule has 0 bridgehead atoms. The Balaban J connectivity index is 1.55. The Morgan fingerprint density at radius 1 is 1.21 bits per heavy atom. The van der Waals surface area contributed by atoms with Gasteiger partial charge in [0.2, 0.25) is 5.89 Å². The van der Waals surface area contributed by atoms with Crippen LogP contribution in [0.4, 0.5) is 0 Å². The Morgan fingerprint density at radius 2 is 1.95 bits per heavy atom. The summed E-state index contributed by atoms with van der Waals surface area (Å²) >= 11 is 0. The van der Waals surface area contributed by atoms with Crippen molar-refractivity contribution in [1.29, 1.82) is 0 Å². The molecule has 1 aliphatic rings. The summed E-state index contributed by atoms with van der Waals surface area (Å²) < 4.78 is 5.28. The molecule has 1 aromatic carbocycles. The molecule has 100 valence electrons. The third-order valence-electron chi connectivity index (χ3n) is 3.73. The quantitative estimate of drug-likeness (QED) is 0.848. The molecule has 1 saturated heterocycles.